The molecule has 1 amide bonds. The van der Waals surface area contributed by atoms with E-state index in [4.69, 9.17) is 0 Å². The van der Waals surface area contributed by atoms with Crippen molar-refractivity contribution in [1.29, 1.82) is 0 Å². The van der Waals surface area contributed by atoms with E-state index in [1.807, 2.05) is 12.3 Å². The average molecular weight is 355 g/mol. The van der Waals surface area contributed by atoms with Crippen LogP contribution in [0.2, 0.25) is 0 Å². The van der Waals surface area contributed by atoms with E-state index in [2.05, 4.69) is 22.1 Å². The Morgan fingerprint density at radius 2 is 2.08 bits per heavy atom. The molecule has 1 aliphatic heterocycles. The molecule has 138 valence electrons. The van der Waals surface area contributed by atoms with Crippen LogP contribution < -0.4 is 10.2 Å². The highest BCUT2D eigenvalue weighted by Gasteiger charge is 2.22. The van der Waals surface area contributed by atoms with Gasteiger partial charge in [0.2, 0.25) is 0 Å². The summed E-state index contributed by atoms with van der Waals surface area (Å²) in [5.41, 5.74) is 2.61. The Balaban J connectivity index is 1.60. The fraction of sp³-hybridized carbons (Fsp3) is 0.429. The van der Waals surface area contributed by atoms with E-state index >= 15 is 0 Å². The number of rotatable bonds is 6. The van der Waals surface area contributed by atoms with Gasteiger partial charge >= 0.3 is 0 Å². The quantitative estimate of drug-likeness (QED) is 0.853. The topological polar surface area (TPSA) is 45.2 Å². The molecule has 1 atom stereocenters. The Kier molecular flexibility index (Phi) is 6.21. The van der Waals surface area contributed by atoms with Crippen LogP contribution >= 0.6 is 0 Å². The molecule has 26 heavy (non-hydrogen) atoms. The maximum atomic E-state index is 12.9. The highest BCUT2D eigenvalue weighted by Crippen LogP contribution is 2.26. The zero-order valence-electron chi connectivity index (χ0n) is 15.2. The van der Waals surface area contributed by atoms with E-state index in [1.165, 1.54) is 31.4 Å². The summed E-state index contributed by atoms with van der Waals surface area (Å²) in [5, 5.41) is 2.93. The van der Waals surface area contributed by atoms with E-state index in [0.717, 1.165) is 24.2 Å². The van der Waals surface area contributed by atoms with Crippen LogP contribution in [0.1, 0.15) is 48.5 Å². The van der Waals surface area contributed by atoms with E-state index in [0.29, 0.717) is 24.6 Å². The predicted molar refractivity (Wildman–Crippen MR) is 102 cm³/mol. The van der Waals surface area contributed by atoms with E-state index in [-0.39, 0.29) is 11.7 Å². The Morgan fingerprint density at radius 3 is 2.85 bits per heavy atom. The summed E-state index contributed by atoms with van der Waals surface area (Å²) < 4.78 is 12.9. The Labute approximate surface area is 154 Å². The Bertz CT molecular complexity index is 732. The van der Waals surface area contributed by atoms with Crippen molar-refractivity contribution in [3.05, 3.63) is 59.7 Å². The standard InChI is InChI=1S/C21H26FN3O/c1-2-19-5-3-4-12-25(19)20-13-17(14-23-15-20)21(26)24-11-10-16-6-8-18(22)9-7-16/h6-9,13-15,19H,2-5,10-12H2,1H3,(H,24,26). The monoisotopic (exact) mass is 355 g/mol. The Hall–Kier alpha value is -2.43. The van der Waals surface area contributed by atoms with Gasteiger partial charge in [-0.15, -0.1) is 0 Å². The van der Waals surface area contributed by atoms with Crippen LogP contribution in [-0.4, -0.2) is 30.0 Å². The summed E-state index contributed by atoms with van der Waals surface area (Å²) in [6, 6.07) is 8.83. The minimum absolute atomic E-state index is 0.119. The number of nitrogens with zero attached hydrogens (tertiary/aromatic N) is 2. The third-order valence-electron chi connectivity index (χ3n) is 5.03. The molecule has 0 spiro atoms. The average Bonchev–Trinajstić information content (AvgIpc) is 2.69. The first-order valence-corrected chi connectivity index (χ1v) is 9.41. The number of pyridine rings is 1. The Morgan fingerprint density at radius 1 is 1.27 bits per heavy atom. The van der Waals surface area contributed by atoms with Crippen LogP contribution in [0.5, 0.6) is 0 Å². The van der Waals surface area contributed by atoms with Crippen LogP contribution in [-0.2, 0) is 6.42 Å². The molecule has 0 saturated carbocycles. The lowest BCUT2D eigenvalue weighted by molar-refractivity contribution is 0.0954. The van der Waals surface area contributed by atoms with Gasteiger partial charge in [-0.3, -0.25) is 9.78 Å². The second kappa shape index (κ2) is 8.79. The summed E-state index contributed by atoms with van der Waals surface area (Å²) in [6.07, 6.45) is 8.89. The first kappa shape index (κ1) is 18.4. The van der Waals surface area contributed by atoms with Gasteiger partial charge in [0.15, 0.2) is 0 Å². The molecule has 3 rings (SSSR count). The van der Waals surface area contributed by atoms with Crippen molar-refractivity contribution < 1.29 is 9.18 Å². The van der Waals surface area contributed by atoms with Gasteiger partial charge in [-0.25, -0.2) is 4.39 Å². The number of benzene rings is 1. The third-order valence-corrected chi connectivity index (χ3v) is 5.03. The van der Waals surface area contributed by atoms with Crippen LogP contribution in [0.4, 0.5) is 10.1 Å². The lowest BCUT2D eigenvalue weighted by Crippen LogP contribution is -2.39. The molecular weight excluding hydrogens is 329 g/mol. The highest BCUT2D eigenvalue weighted by atomic mass is 19.1. The van der Waals surface area contributed by atoms with Gasteiger partial charge in [0.1, 0.15) is 5.82 Å². The molecule has 0 radical (unpaired) electrons. The molecule has 1 N–H and O–H groups in total. The summed E-state index contributed by atoms with van der Waals surface area (Å²) in [4.78, 5) is 19.1. The fourth-order valence-corrected chi connectivity index (χ4v) is 3.55. The molecule has 0 bridgehead atoms. The van der Waals surface area contributed by atoms with Crippen molar-refractivity contribution in [3.63, 3.8) is 0 Å². The van der Waals surface area contributed by atoms with Crippen LogP contribution in [0, 0.1) is 5.82 Å². The summed E-state index contributed by atoms with van der Waals surface area (Å²) in [5.74, 6) is -0.365. The van der Waals surface area contributed by atoms with Crippen molar-refractivity contribution >= 4 is 11.6 Å². The maximum Gasteiger partial charge on any atom is 0.252 e. The molecule has 0 aliphatic carbocycles. The number of halogens is 1. The van der Waals surface area contributed by atoms with E-state index in [1.54, 1.807) is 18.3 Å². The first-order valence-electron chi connectivity index (χ1n) is 9.41. The lowest BCUT2D eigenvalue weighted by Gasteiger charge is -2.37. The molecule has 1 aliphatic rings. The summed E-state index contributed by atoms with van der Waals surface area (Å²) >= 11 is 0. The van der Waals surface area contributed by atoms with Gasteiger partial charge in [0.25, 0.3) is 5.91 Å². The number of carbonyl (C=O) groups is 1. The first-order chi connectivity index (χ1) is 12.7. The van der Waals surface area contributed by atoms with E-state index in [9.17, 15) is 9.18 Å². The molecule has 2 heterocycles. The van der Waals surface area contributed by atoms with Crippen molar-refractivity contribution in [2.45, 2.75) is 45.1 Å². The molecule has 1 saturated heterocycles. The zero-order valence-corrected chi connectivity index (χ0v) is 15.2. The minimum atomic E-state index is -0.247. The normalized spacial score (nSPS) is 17.2. The van der Waals surface area contributed by atoms with Crippen molar-refractivity contribution in [3.8, 4) is 0 Å². The SMILES string of the molecule is CCC1CCCCN1c1cncc(C(=O)NCCc2ccc(F)cc2)c1. The molecule has 2 aromatic rings. The van der Waals surface area contributed by atoms with Crippen LogP contribution in [0.15, 0.2) is 42.7 Å². The number of carbonyl (C=O) groups excluding carboxylic acids is 1. The smallest absolute Gasteiger partial charge is 0.252 e. The molecule has 4 nitrogen and oxygen atoms in total. The summed E-state index contributed by atoms with van der Waals surface area (Å²) in [7, 11) is 0. The third kappa shape index (κ3) is 4.59. The van der Waals surface area contributed by atoms with Gasteiger partial charge in [-0.05, 0) is 55.9 Å². The number of hydrogen-bond acceptors (Lipinski definition) is 3. The molecule has 1 aromatic heterocycles. The lowest BCUT2D eigenvalue weighted by atomic mass is 9.99. The maximum absolute atomic E-state index is 12.9. The number of nitrogens with one attached hydrogen (secondary N) is 1. The molecule has 1 fully saturated rings. The number of hydrogen-bond donors (Lipinski definition) is 1. The van der Waals surface area contributed by atoms with Crippen molar-refractivity contribution in [1.82, 2.24) is 10.3 Å². The predicted octanol–water partition coefficient (Wildman–Crippen LogP) is 3.96. The fourth-order valence-electron chi connectivity index (χ4n) is 3.55. The molecule has 5 heteroatoms. The second-order valence-electron chi connectivity index (χ2n) is 6.82. The van der Waals surface area contributed by atoms with Gasteiger partial charge in [-0.2, -0.15) is 0 Å². The van der Waals surface area contributed by atoms with Gasteiger partial charge in [0.05, 0.1) is 17.4 Å². The molecular formula is C21H26FN3O. The number of aromatic nitrogens is 1. The van der Waals surface area contributed by atoms with Gasteiger partial charge in [-0.1, -0.05) is 19.1 Å². The van der Waals surface area contributed by atoms with Gasteiger partial charge in [0, 0.05) is 25.3 Å². The minimum Gasteiger partial charge on any atom is -0.367 e. The largest absolute Gasteiger partial charge is 0.367 e. The van der Waals surface area contributed by atoms with E-state index < -0.39 is 0 Å². The number of anilines is 1. The number of amides is 1. The summed E-state index contributed by atoms with van der Waals surface area (Å²) in [6.45, 7) is 3.74. The molecule has 1 unspecified atom stereocenters. The van der Waals surface area contributed by atoms with Crippen LogP contribution in [0.25, 0.3) is 0 Å². The van der Waals surface area contributed by atoms with Gasteiger partial charge < -0.3 is 10.2 Å². The highest BCUT2D eigenvalue weighted by molar-refractivity contribution is 5.94. The molecule has 1 aromatic carbocycles. The van der Waals surface area contributed by atoms with Crippen LogP contribution in [0.3, 0.4) is 0 Å². The van der Waals surface area contributed by atoms with Crippen molar-refractivity contribution in [2.24, 2.45) is 0 Å². The number of piperidine rings is 1. The zero-order chi connectivity index (χ0) is 18.4. The van der Waals surface area contributed by atoms with Crippen molar-refractivity contribution in [2.75, 3.05) is 18.0 Å². The second-order valence-corrected chi connectivity index (χ2v) is 6.82.